The van der Waals surface area contributed by atoms with E-state index in [2.05, 4.69) is 5.32 Å². The number of anilines is 2. The number of carboxylic acids is 1. The summed E-state index contributed by atoms with van der Waals surface area (Å²) in [5, 5.41) is 12.0. The third-order valence-corrected chi connectivity index (χ3v) is 5.31. The van der Waals surface area contributed by atoms with Gasteiger partial charge in [0.05, 0.1) is 5.92 Å². The molecule has 6 heteroatoms. The van der Waals surface area contributed by atoms with Gasteiger partial charge in [0.2, 0.25) is 11.8 Å². The van der Waals surface area contributed by atoms with Crippen molar-refractivity contribution in [1.82, 2.24) is 0 Å². The number of fused-ring (bicyclic) bond motifs is 1. The van der Waals surface area contributed by atoms with Gasteiger partial charge in [-0.25, -0.2) is 0 Å². The van der Waals surface area contributed by atoms with Crippen LogP contribution in [0.15, 0.2) is 18.2 Å². The minimum Gasteiger partial charge on any atom is -0.481 e. The zero-order chi connectivity index (χ0) is 18.0. The highest BCUT2D eigenvalue weighted by Crippen LogP contribution is 2.32. The highest BCUT2D eigenvalue weighted by Gasteiger charge is 2.30. The molecule has 1 aliphatic carbocycles. The van der Waals surface area contributed by atoms with Crippen molar-refractivity contribution in [2.45, 2.75) is 45.4 Å². The minimum atomic E-state index is -0.761. The number of hydrogen-bond acceptors (Lipinski definition) is 3. The maximum absolute atomic E-state index is 12.5. The summed E-state index contributed by atoms with van der Waals surface area (Å²) in [6, 6.07) is 5.68. The number of carbonyl (C=O) groups excluding carboxylic acids is 2. The lowest BCUT2D eigenvalue weighted by atomic mass is 9.81. The normalized spacial score (nSPS) is 23.1. The Labute approximate surface area is 147 Å². The first-order valence-corrected chi connectivity index (χ1v) is 8.96. The quantitative estimate of drug-likeness (QED) is 0.879. The summed E-state index contributed by atoms with van der Waals surface area (Å²) in [5.41, 5.74) is 2.75. The molecule has 1 heterocycles. The van der Waals surface area contributed by atoms with E-state index in [0.717, 1.165) is 16.9 Å². The predicted octanol–water partition coefficient (Wildman–Crippen LogP) is 2.82. The number of hydrogen-bond donors (Lipinski definition) is 2. The van der Waals surface area contributed by atoms with Gasteiger partial charge in [0.25, 0.3) is 0 Å². The molecular formula is C19H24N2O4. The Morgan fingerprint density at radius 2 is 1.84 bits per heavy atom. The smallest absolute Gasteiger partial charge is 0.306 e. The molecule has 1 aromatic rings. The van der Waals surface area contributed by atoms with Crippen molar-refractivity contribution in [2.24, 2.45) is 11.8 Å². The molecule has 1 saturated carbocycles. The van der Waals surface area contributed by atoms with Gasteiger partial charge in [0, 0.05) is 30.3 Å². The zero-order valence-corrected chi connectivity index (χ0v) is 14.5. The lowest BCUT2D eigenvalue weighted by Gasteiger charge is -2.29. The highest BCUT2D eigenvalue weighted by molar-refractivity contribution is 5.98. The number of amides is 2. The van der Waals surface area contributed by atoms with E-state index >= 15 is 0 Å². The second kappa shape index (κ2) is 7.25. The Morgan fingerprint density at radius 3 is 2.48 bits per heavy atom. The molecule has 0 radical (unpaired) electrons. The van der Waals surface area contributed by atoms with Crippen LogP contribution in [0.1, 0.15) is 44.6 Å². The summed E-state index contributed by atoms with van der Waals surface area (Å²) >= 11 is 0. The molecule has 2 N–H and O–H groups in total. The third kappa shape index (κ3) is 3.67. The van der Waals surface area contributed by atoms with Crippen LogP contribution < -0.4 is 10.2 Å². The fourth-order valence-electron chi connectivity index (χ4n) is 3.83. The molecule has 3 rings (SSSR count). The number of carboxylic acid groups (broad SMARTS) is 1. The van der Waals surface area contributed by atoms with Crippen LogP contribution in [0.4, 0.5) is 11.4 Å². The van der Waals surface area contributed by atoms with Gasteiger partial charge in [0.15, 0.2) is 0 Å². The molecule has 0 aromatic heterocycles. The van der Waals surface area contributed by atoms with Gasteiger partial charge in [-0.2, -0.15) is 0 Å². The van der Waals surface area contributed by atoms with Crippen molar-refractivity contribution in [3.05, 3.63) is 23.8 Å². The van der Waals surface area contributed by atoms with Crippen LogP contribution in [0.25, 0.3) is 0 Å². The molecule has 6 nitrogen and oxygen atoms in total. The van der Waals surface area contributed by atoms with Crippen molar-refractivity contribution in [1.29, 1.82) is 0 Å². The molecule has 2 amide bonds. The highest BCUT2D eigenvalue weighted by atomic mass is 16.4. The van der Waals surface area contributed by atoms with Crippen LogP contribution >= 0.6 is 0 Å². The Kier molecular flexibility index (Phi) is 5.06. The third-order valence-electron chi connectivity index (χ3n) is 5.31. The van der Waals surface area contributed by atoms with E-state index in [1.54, 1.807) is 4.90 Å². The second-order valence-electron chi connectivity index (χ2n) is 6.86. The van der Waals surface area contributed by atoms with Gasteiger partial charge in [-0.05, 0) is 62.8 Å². The Balaban J connectivity index is 1.65. The van der Waals surface area contributed by atoms with Gasteiger partial charge in [-0.1, -0.05) is 0 Å². The second-order valence-corrected chi connectivity index (χ2v) is 6.86. The van der Waals surface area contributed by atoms with Gasteiger partial charge in [-0.3, -0.25) is 14.4 Å². The average molecular weight is 344 g/mol. The van der Waals surface area contributed by atoms with Crippen LogP contribution in [0.2, 0.25) is 0 Å². The summed E-state index contributed by atoms with van der Waals surface area (Å²) in [4.78, 5) is 37.2. The monoisotopic (exact) mass is 344 g/mol. The zero-order valence-electron chi connectivity index (χ0n) is 14.5. The Bertz CT molecular complexity index is 693. The van der Waals surface area contributed by atoms with Crippen LogP contribution in [0.3, 0.4) is 0 Å². The summed E-state index contributed by atoms with van der Waals surface area (Å²) in [6.07, 6.45) is 3.55. The topological polar surface area (TPSA) is 86.7 Å². The lowest BCUT2D eigenvalue weighted by molar-refractivity contribution is -0.143. The molecule has 2 aliphatic rings. The van der Waals surface area contributed by atoms with Gasteiger partial charge >= 0.3 is 5.97 Å². The van der Waals surface area contributed by atoms with Crippen molar-refractivity contribution in [3.8, 4) is 0 Å². The van der Waals surface area contributed by atoms with E-state index in [9.17, 15) is 14.4 Å². The molecule has 25 heavy (non-hydrogen) atoms. The van der Waals surface area contributed by atoms with Crippen LogP contribution in [-0.2, 0) is 20.8 Å². The number of rotatable bonds is 4. The average Bonchev–Trinajstić information content (AvgIpc) is 2.61. The maximum Gasteiger partial charge on any atom is 0.306 e. The summed E-state index contributed by atoms with van der Waals surface area (Å²) in [7, 11) is 0. The first-order valence-electron chi connectivity index (χ1n) is 8.96. The number of aryl methyl sites for hydroxylation is 1. The molecule has 0 spiro atoms. The molecule has 0 atom stereocenters. The molecule has 0 bridgehead atoms. The predicted molar refractivity (Wildman–Crippen MR) is 94.5 cm³/mol. The fourth-order valence-corrected chi connectivity index (χ4v) is 3.83. The van der Waals surface area contributed by atoms with Crippen LogP contribution in [0, 0.1) is 11.8 Å². The first kappa shape index (κ1) is 17.5. The van der Waals surface area contributed by atoms with E-state index < -0.39 is 5.97 Å². The van der Waals surface area contributed by atoms with Crippen molar-refractivity contribution in [3.63, 3.8) is 0 Å². The van der Waals surface area contributed by atoms with Crippen molar-refractivity contribution in [2.75, 3.05) is 16.8 Å². The van der Waals surface area contributed by atoms with Crippen LogP contribution in [0.5, 0.6) is 0 Å². The van der Waals surface area contributed by atoms with Crippen molar-refractivity contribution >= 4 is 29.2 Å². The largest absolute Gasteiger partial charge is 0.481 e. The number of carbonyl (C=O) groups is 3. The number of benzene rings is 1. The number of aliphatic carboxylic acids is 1. The lowest BCUT2D eigenvalue weighted by Crippen LogP contribution is -2.34. The molecular weight excluding hydrogens is 320 g/mol. The molecule has 1 aliphatic heterocycles. The van der Waals surface area contributed by atoms with E-state index in [1.807, 2.05) is 25.1 Å². The molecule has 134 valence electrons. The van der Waals surface area contributed by atoms with E-state index in [1.165, 1.54) is 0 Å². The molecule has 1 fully saturated rings. The SMILES string of the molecule is CCN1C(=O)CCc2cc(NC(=O)C3CCC(C(=O)O)CC3)ccc21. The summed E-state index contributed by atoms with van der Waals surface area (Å²) in [5.74, 6) is -1.10. The van der Waals surface area contributed by atoms with Crippen LogP contribution in [-0.4, -0.2) is 29.4 Å². The fraction of sp³-hybridized carbons (Fsp3) is 0.526. The first-order chi connectivity index (χ1) is 12.0. The van der Waals surface area contributed by atoms with E-state index in [-0.39, 0.29) is 23.7 Å². The molecule has 1 aromatic carbocycles. The van der Waals surface area contributed by atoms with E-state index in [0.29, 0.717) is 45.1 Å². The maximum atomic E-state index is 12.5. The Morgan fingerprint density at radius 1 is 1.16 bits per heavy atom. The molecule has 0 unspecified atom stereocenters. The standard InChI is InChI=1S/C19H24N2O4/c1-2-21-16-9-8-15(11-14(16)7-10-17(21)22)20-18(23)12-3-5-13(6-4-12)19(24)25/h8-9,11-13H,2-7,10H2,1H3,(H,20,23)(H,24,25). The number of nitrogens with one attached hydrogen (secondary N) is 1. The van der Waals surface area contributed by atoms with Crippen molar-refractivity contribution < 1.29 is 19.5 Å². The minimum absolute atomic E-state index is 0.0389. The summed E-state index contributed by atoms with van der Waals surface area (Å²) < 4.78 is 0. The van der Waals surface area contributed by atoms with Gasteiger partial charge in [0.1, 0.15) is 0 Å². The number of nitrogens with zero attached hydrogens (tertiary/aromatic N) is 1. The summed E-state index contributed by atoms with van der Waals surface area (Å²) in [6.45, 7) is 2.60. The Hall–Kier alpha value is -2.37. The van der Waals surface area contributed by atoms with Gasteiger partial charge in [-0.15, -0.1) is 0 Å². The van der Waals surface area contributed by atoms with E-state index in [4.69, 9.17) is 5.11 Å². The van der Waals surface area contributed by atoms with Gasteiger partial charge < -0.3 is 15.3 Å². The molecule has 0 saturated heterocycles.